The van der Waals surface area contributed by atoms with E-state index in [-0.39, 0.29) is 11.7 Å². The van der Waals surface area contributed by atoms with E-state index in [0.717, 1.165) is 18.4 Å². The van der Waals surface area contributed by atoms with Gasteiger partial charge in [0.15, 0.2) is 0 Å². The van der Waals surface area contributed by atoms with Gasteiger partial charge in [-0.2, -0.15) is 0 Å². The van der Waals surface area contributed by atoms with E-state index in [2.05, 4.69) is 5.32 Å². The molecule has 0 saturated heterocycles. The second-order valence-electron chi connectivity index (χ2n) is 4.92. The smallest absolute Gasteiger partial charge is 0.407 e. The van der Waals surface area contributed by atoms with Gasteiger partial charge in [-0.3, -0.25) is 10.1 Å². The number of amides is 1. The Kier molecular flexibility index (Phi) is 7.91. The molecule has 7 heteroatoms. The first-order valence-electron chi connectivity index (χ1n) is 7.22. The number of ether oxygens (including phenoxy) is 2. The molecule has 122 valence electrons. The fourth-order valence-electron chi connectivity index (χ4n) is 1.95. The number of nitro groups is 1. The van der Waals surface area contributed by atoms with Crippen molar-refractivity contribution < 1.29 is 19.2 Å². The lowest BCUT2D eigenvalue weighted by atomic mass is 10.1. The molecule has 1 N–H and O–H groups in total. The Morgan fingerprint density at radius 3 is 2.86 bits per heavy atom. The van der Waals surface area contributed by atoms with Crippen molar-refractivity contribution in [1.82, 2.24) is 5.32 Å². The van der Waals surface area contributed by atoms with Crippen molar-refractivity contribution in [1.29, 1.82) is 0 Å². The molecule has 0 saturated carbocycles. The van der Waals surface area contributed by atoms with E-state index in [0.29, 0.717) is 19.6 Å². The van der Waals surface area contributed by atoms with Gasteiger partial charge in [0.2, 0.25) is 0 Å². The highest BCUT2D eigenvalue weighted by molar-refractivity contribution is 5.67. The van der Waals surface area contributed by atoms with Crippen LogP contribution >= 0.6 is 0 Å². The van der Waals surface area contributed by atoms with Crippen LogP contribution in [0.25, 0.3) is 0 Å². The van der Waals surface area contributed by atoms with Crippen molar-refractivity contribution in [2.75, 3.05) is 20.3 Å². The van der Waals surface area contributed by atoms with E-state index in [1.807, 2.05) is 6.92 Å². The molecule has 0 aliphatic carbocycles. The summed E-state index contributed by atoms with van der Waals surface area (Å²) in [5, 5.41) is 13.5. The molecule has 0 aliphatic heterocycles. The highest BCUT2D eigenvalue weighted by Gasteiger charge is 2.15. The van der Waals surface area contributed by atoms with Crippen LogP contribution in [0.4, 0.5) is 10.5 Å². The minimum atomic E-state index is -0.499. The van der Waals surface area contributed by atoms with Crippen molar-refractivity contribution in [3.63, 3.8) is 0 Å². The summed E-state index contributed by atoms with van der Waals surface area (Å²) < 4.78 is 10.1. The van der Waals surface area contributed by atoms with Gasteiger partial charge in [0.05, 0.1) is 24.2 Å². The van der Waals surface area contributed by atoms with Crippen molar-refractivity contribution in [3.8, 4) is 0 Å². The number of carbonyl (C=O) groups excluding carboxylic acids is 1. The lowest BCUT2D eigenvalue weighted by Gasteiger charge is -2.17. The van der Waals surface area contributed by atoms with Crippen LogP contribution < -0.4 is 5.32 Å². The number of non-ortho nitro benzene ring substituents is 1. The predicted molar refractivity (Wildman–Crippen MR) is 81.9 cm³/mol. The molecule has 1 atom stereocenters. The molecule has 1 amide bonds. The summed E-state index contributed by atoms with van der Waals surface area (Å²) in [4.78, 5) is 22.0. The van der Waals surface area contributed by atoms with Crippen LogP contribution in [0.1, 0.15) is 25.3 Å². The van der Waals surface area contributed by atoms with E-state index < -0.39 is 11.0 Å². The zero-order valence-electron chi connectivity index (χ0n) is 12.9. The standard InChI is InChI=1S/C15H22N2O5/c1-3-4-8-22-15(18)16-13(11-21-2)9-12-6-5-7-14(10-12)17(19)20/h5-7,10,13H,3-4,8-9,11H2,1-2H3,(H,16,18). The second-order valence-corrected chi connectivity index (χ2v) is 4.92. The molecule has 1 aromatic carbocycles. The molecule has 0 aliphatic rings. The maximum Gasteiger partial charge on any atom is 0.407 e. The molecule has 7 nitrogen and oxygen atoms in total. The topological polar surface area (TPSA) is 90.7 Å². The van der Waals surface area contributed by atoms with Crippen molar-refractivity contribution >= 4 is 11.8 Å². The van der Waals surface area contributed by atoms with Crippen molar-refractivity contribution in [2.24, 2.45) is 0 Å². The van der Waals surface area contributed by atoms with Gasteiger partial charge in [-0.15, -0.1) is 0 Å². The first kappa shape index (κ1) is 17.9. The molecule has 0 radical (unpaired) electrons. The first-order valence-corrected chi connectivity index (χ1v) is 7.22. The fraction of sp³-hybridized carbons (Fsp3) is 0.533. The highest BCUT2D eigenvalue weighted by Crippen LogP contribution is 2.14. The molecule has 1 aromatic rings. The van der Waals surface area contributed by atoms with E-state index in [1.165, 1.54) is 19.2 Å². The Morgan fingerprint density at radius 2 is 2.23 bits per heavy atom. The number of alkyl carbamates (subject to hydrolysis) is 1. The number of benzene rings is 1. The molecular formula is C15H22N2O5. The number of methoxy groups -OCH3 is 1. The van der Waals surface area contributed by atoms with Gasteiger partial charge in [-0.05, 0) is 18.4 Å². The second kappa shape index (κ2) is 9.73. The first-order chi connectivity index (χ1) is 10.6. The van der Waals surface area contributed by atoms with Crippen molar-refractivity contribution in [3.05, 3.63) is 39.9 Å². The largest absolute Gasteiger partial charge is 0.450 e. The van der Waals surface area contributed by atoms with Gasteiger partial charge in [-0.1, -0.05) is 25.5 Å². The van der Waals surface area contributed by atoms with E-state index in [9.17, 15) is 14.9 Å². The lowest BCUT2D eigenvalue weighted by molar-refractivity contribution is -0.384. The van der Waals surface area contributed by atoms with Crippen LogP contribution in [0.2, 0.25) is 0 Å². The minimum Gasteiger partial charge on any atom is -0.450 e. The minimum absolute atomic E-state index is 0.0270. The fourth-order valence-corrected chi connectivity index (χ4v) is 1.95. The molecule has 0 aromatic heterocycles. The van der Waals surface area contributed by atoms with Gasteiger partial charge in [-0.25, -0.2) is 4.79 Å². The van der Waals surface area contributed by atoms with Gasteiger partial charge in [0.1, 0.15) is 0 Å². The number of rotatable bonds is 9. The van der Waals surface area contributed by atoms with E-state index >= 15 is 0 Å². The molecule has 0 fully saturated rings. The average molecular weight is 310 g/mol. The summed E-state index contributed by atoms with van der Waals surface area (Å²) in [6.45, 7) is 2.68. The third-order valence-corrected chi connectivity index (χ3v) is 3.02. The van der Waals surface area contributed by atoms with Crippen LogP contribution in [-0.4, -0.2) is 37.4 Å². The van der Waals surface area contributed by atoms with Crippen molar-refractivity contribution in [2.45, 2.75) is 32.2 Å². The number of unbranched alkanes of at least 4 members (excludes halogenated alkanes) is 1. The summed E-state index contributed by atoms with van der Waals surface area (Å²) >= 11 is 0. The molecule has 0 heterocycles. The summed E-state index contributed by atoms with van der Waals surface area (Å²) in [5.41, 5.74) is 0.782. The number of hydrogen-bond donors (Lipinski definition) is 1. The number of nitrogens with one attached hydrogen (secondary N) is 1. The molecule has 1 unspecified atom stereocenters. The summed E-state index contributed by atoms with van der Waals surface area (Å²) in [5.74, 6) is 0. The Hall–Kier alpha value is -2.15. The average Bonchev–Trinajstić information content (AvgIpc) is 2.48. The SMILES string of the molecule is CCCCOC(=O)NC(COC)Cc1cccc([N+](=O)[O-])c1. The summed E-state index contributed by atoms with van der Waals surface area (Å²) in [7, 11) is 1.53. The van der Waals surface area contributed by atoms with Gasteiger partial charge >= 0.3 is 6.09 Å². The molecule has 22 heavy (non-hydrogen) atoms. The number of carbonyl (C=O) groups is 1. The van der Waals surface area contributed by atoms with Gasteiger partial charge in [0, 0.05) is 19.2 Å². The van der Waals surface area contributed by atoms with E-state index in [4.69, 9.17) is 9.47 Å². The maximum absolute atomic E-state index is 11.7. The van der Waals surface area contributed by atoms with Gasteiger partial charge in [0.25, 0.3) is 5.69 Å². The molecule has 0 spiro atoms. The Bertz CT molecular complexity index is 493. The zero-order valence-corrected chi connectivity index (χ0v) is 12.9. The monoisotopic (exact) mass is 310 g/mol. The lowest BCUT2D eigenvalue weighted by Crippen LogP contribution is -2.40. The Balaban J connectivity index is 2.61. The highest BCUT2D eigenvalue weighted by atomic mass is 16.6. The predicted octanol–water partition coefficient (Wildman–Crippen LogP) is 2.68. The van der Waals surface area contributed by atoms with Gasteiger partial charge < -0.3 is 14.8 Å². The van der Waals surface area contributed by atoms with Crippen LogP contribution in [0.15, 0.2) is 24.3 Å². The molecule has 0 bridgehead atoms. The Labute approximate surface area is 129 Å². The number of hydrogen-bond acceptors (Lipinski definition) is 5. The normalized spacial score (nSPS) is 11.7. The maximum atomic E-state index is 11.7. The summed E-state index contributed by atoms with van der Waals surface area (Å²) in [6.07, 6.45) is 1.69. The third-order valence-electron chi connectivity index (χ3n) is 3.02. The quantitative estimate of drug-likeness (QED) is 0.430. The molecular weight excluding hydrogens is 288 g/mol. The number of nitrogens with zero attached hydrogens (tertiary/aromatic N) is 1. The zero-order chi connectivity index (χ0) is 16.4. The number of nitro benzene ring substituents is 1. The summed E-state index contributed by atoms with van der Waals surface area (Å²) in [6, 6.07) is 6.02. The van der Waals surface area contributed by atoms with Crippen LogP contribution in [0.5, 0.6) is 0 Å². The molecule has 1 rings (SSSR count). The van der Waals surface area contributed by atoms with E-state index in [1.54, 1.807) is 12.1 Å². The van der Waals surface area contributed by atoms with Crippen LogP contribution in [-0.2, 0) is 15.9 Å². The van der Waals surface area contributed by atoms with Crippen LogP contribution in [0.3, 0.4) is 0 Å². The van der Waals surface area contributed by atoms with Crippen LogP contribution in [0, 0.1) is 10.1 Å². The Morgan fingerprint density at radius 1 is 1.45 bits per heavy atom. The third kappa shape index (κ3) is 6.53.